The molecule has 0 radical (unpaired) electrons. The van der Waals surface area contributed by atoms with E-state index in [0.29, 0.717) is 18.4 Å². The zero-order valence-electron chi connectivity index (χ0n) is 16.6. The lowest BCUT2D eigenvalue weighted by atomic mass is 9.84. The monoisotopic (exact) mass is 380 g/mol. The maximum atomic E-state index is 13.1. The minimum Gasteiger partial charge on any atom is -0.378 e. The highest BCUT2D eigenvalue weighted by Gasteiger charge is 2.40. The molecule has 1 saturated heterocycles. The van der Waals surface area contributed by atoms with Crippen molar-refractivity contribution in [2.45, 2.75) is 18.4 Å². The normalized spacial score (nSPS) is 16.6. The first-order chi connectivity index (χ1) is 13.6. The van der Waals surface area contributed by atoms with E-state index >= 15 is 0 Å². The lowest BCUT2D eigenvalue weighted by Gasteiger charge is -2.33. The molecule has 0 saturated carbocycles. The van der Waals surface area contributed by atoms with Crippen LogP contribution in [0.15, 0.2) is 54.6 Å². The molecule has 2 aromatic carbocycles. The summed E-state index contributed by atoms with van der Waals surface area (Å²) in [5.74, 6) is -0.155. The van der Waals surface area contributed by atoms with Gasteiger partial charge in [-0.25, -0.2) is 0 Å². The van der Waals surface area contributed by atoms with Crippen LogP contribution in [0.5, 0.6) is 0 Å². The Balaban J connectivity index is 1.73. The summed E-state index contributed by atoms with van der Waals surface area (Å²) < 4.78 is 5.40. The molecule has 1 aliphatic rings. The molecule has 5 heteroatoms. The van der Waals surface area contributed by atoms with Crippen LogP contribution in [0, 0.1) is 0 Å². The third-order valence-electron chi connectivity index (χ3n) is 5.53. The van der Waals surface area contributed by atoms with Crippen molar-refractivity contribution in [2.75, 3.05) is 45.3 Å². The maximum Gasteiger partial charge on any atom is 0.190 e. The van der Waals surface area contributed by atoms with Crippen molar-refractivity contribution in [1.82, 2.24) is 4.90 Å². The van der Waals surface area contributed by atoms with Gasteiger partial charge in [0.2, 0.25) is 0 Å². The van der Waals surface area contributed by atoms with E-state index in [2.05, 4.69) is 29.2 Å². The third kappa shape index (κ3) is 4.32. The van der Waals surface area contributed by atoms with E-state index in [9.17, 15) is 9.59 Å². The van der Waals surface area contributed by atoms with Crippen LogP contribution in [-0.4, -0.2) is 62.9 Å². The van der Waals surface area contributed by atoms with Crippen molar-refractivity contribution in [3.05, 3.63) is 65.7 Å². The molecular weight excluding hydrogens is 352 g/mol. The van der Waals surface area contributed by atoms with Crippen LogP contribution in [-0.2, 0) is 16.0 Å². The van der Waals surface area contributed by atoms with Crippen LogP contribution >= 0.6 is 0 Å². The Morgan fingerprint density at radius 1 is 1.07 bits per heavy atom. The van der Waals surface area contributed by atoms with Crippen LogP contribution in [0.25, 0.3) is 0 Å². The number of morpholine rings is 1. The summed E-state index contributed by atoms with van der Waals surface area (Å²) in [5.41, 5.74) is 1.70. The predicted molar refractivity (Wildman–Crippen MR) is 111 cm³/mol. The van der Waals surface area contributed by atoms with E-state index < -0.39 is 5.54 Å². The van der Waals surface area contributed by atoms with Crippen LogP contribution in [0.4, 0.5) is 5.69 Å². The molecule has 1 aliphatic heterocycles. The van der Waals surface area contributed by atoms with Gasteiger partial charge in [-0.15, -0.1) is 0 Å². The number of likely N-dealkylation sites (N-methyl/N-ethyl adjacent to an activating group) is 1. The highest BCUT2D eigenvalue weighted by Crippen LogP contribution is 2.25. The number of ketones is 1. The van der Waals surface area contributed by atoms with Gasteiger partial charge in [-0.3, -0.25) is 9.69 Å². The summed E-state index contributed by atoms with van der Waals surface area (Å²) in [4.78, 5) is 29.3. The first-order valence-corrected chi connectivity index (χ1v) is 9.72. The number of rotatable bonds is 8. The van der Waals surface area contributed by atoms with E-state index in [-0.39, 0.29) is 5.78 Å². The molecule has 0 spiro atoms. The minimum atomic E-state index is -1.16. The van der Waals surface area contributed by atoms with Gasteiger partial charge in [0.05, 0.1) is 13.2 Å². The van der Waals surface area contributed by atoms with E-state index in [4.69, 9.17) is 4.74 Å². The second kappa shape index (κ2) is 9.13. The lowest BCUT2D eigenvalue weighted by Crippen LogP contribution is -2.53. The highest BCUT2D eigenvalue weighted by atomic mass is 16.5. The zero-order valence-corrected chi connectivity index (χ0v) is 16.6. The molecule has 1 unspecified atom stereocenters. The summed E-state index contributed by atoms with van der Waals surface area (Å²) in [6.07, 6.45) is 1.89. The summed E-state index contributed by atoms with van der Waals surface area (Å²) in [6.45, 7) is 3.32. The van der Waals surface area contributed by atoms with E-state index in [0.717, 1.165) is 38.2 Å². The molecule has 0 N–H and O–H groups in total. The number of carbonyl (C=O) groups excluding carboxylic acids is 2. The zero-order chi connectivity index (χ0) is 20.0. The molecule has 0 amide bonds. The van der Waals surface area contributed by atoms with Gasteiger partial charge in [0.25, 0.3) is 0 Å². The largest absolute Gasteiger partial charge is 0.378 e. The summed E-state index contributed by atoms with van der Waals surface area (Å²) in [6, 6.07) is 17.4. The van der Waals surface area contributed by atoms with Crippen molar-refractivity contribution < 1.29 is 14.3 Å². The van der Waals surface area contributed by atoms with E-state index in [1.165, 1.54) is 5.69 Å². The van der Waals surface area contributed by atoms with Gasteiger partial charge in [-0.2, -0.15) is 0 Å². The Kier molecular flexibility index (Phi) is 6.60. The summed E-state index contributed by atoms with van der Waals surface area (Å²) >= 11 is 0. The number of benzene rings is 2. The number of ether oxygens (including phenoxy) is 1. The quantitative estimate of drug-likeness (QED) is 0.400. The lowest BCUT2D eigenvalue weighted by molar-refractivity contribution is -0.115. The molecule has 1 atom stereocenters. The topological polar surface area (TPSA) is 49.9 Å². The Hall–Kier alpha value is -2.50. The molecule has 28 heavy (non-hydrogen) atoms. The fourth-order valence-corrected chi connectivity index (χ4v) is 3.63. The van der Waals surface area contributed by atoms with Gasteiger partial charge in [0.1, 0.15) is 11.8 Å². The number of Topliss-reactive ketones (excluding diaryl/α,β-unsaturated/α-hetero) is 1. The van der Waals surface area contributed by atoms with Crippen molar-refractivity contribution in [3.8, 4) is 0 Å². The second-order valence-corrected chi connectivity index (χ2v) is 7.40. The number of anilines is 1. The molecule has 1 heterocycles. The van der Waals surface area contributed by atoms with Crippen molar-refractivity contribution in [3.63, 3.8) is 0 Å². The predicted octanol–water partition coefficient (Wildman–Crippen LogP) is 2.84. The van der Waals surface area contributed by atoms with Crippen molar-refractivity contribution in [2.24, 2.45) is 0 Å². The maximum absolute atomic E-state index is 13.1. The number of hydrogen-bond acceptors (Lipinski definition) is 5. The Morgan fingerprint density at radius 2 is 1.71 bits per heavy atom. The number of aldehydes is 1. The van der Waals surface area contributed by atoms with Gasteiger partial charge in [-0.1, -0.05) is 42.5 Å². The molecule has 1 fully saturated rings. The van der Waals surface area contributed by atoms with E-state index in [1.54, 1.807) is 31.1 Å². The van der Waals surface area contributed by atoms with Crippen LogP contribution in [0.2, 0.25) is 0 Å². The number of nitrogens with zero attached hydrogens (tertiary/aromatic N) is 2. The molecule has 5 nitrogen and oxygen atoms in total. The summed E-state index contributed by atoms with van der Waals surface area (Å²) in [5, 5.41) is 0. The fourth-order valence-electron chi connectivity index (χ4n) is 3.63. The molecule has 0 aliphatic carbocycles. The van der Waals surface area contributed by atoms with Gasteiger partial charge in [-0.05, 0) is 44.6 Å². The van der Waals surface area contributed by atoms with Crippen LogP contribution in [0.3, 0.4) is 0 Å². The van der Waals surface area contributed by atoms with Crippen LogP contribution in [0.1, 0.15) is 22.3 Å². The van der Waals surface area contributed by atoms with Gasteiger partial charge in [0.15, 0.2) is 5.78 Å². The first kappa shape index (κ1) is 20.2. The number of carbonyl (C=O) groups is 2. The van der Waals surface area contributed by atoms with Gasteiger partial charge >= 0.3 is 0 Å². The minimum absolute atomic E-state index is 0.155. The summed E-state index contributed by atoms with van der Waals surface area (Å²) in [7, 11) is 3.58. The number of aryl methyl sites for hydroxylation is 1. The number of hydrogen-bond donors (Lipinski definition) is 0. The van der Waals surface area contributed by atoms with Crippen molar-refractivity contribution >= 4 is 17.8 Å². The molecule has 2 aromatic rings. The van der Waals surface area contributed by atoms with Crippen molar-refractivity contribution in [1.29, 1.82) is 0 Å². The van der Waals surface area contributed by atoms with E-state index in [1.807, 2.05) is 18.2 Å². The Bertz CT molecular complexity index is 783. The average Bonchev–Trinajstić information content (AvgIpc) is 2.76. The molecule has 0 aromatic heterocycles. The second-order valence-electron chi connectivity index (χ2n) is 7.40. The standard InChI is InChI=1S/C23H28N2O3/c1-24(2)23(18-26,22(27)20-6-4-3-5-7-20)13-12-19-8-10-21(11-9-19)25-14-16-28-17-15-25/h3-11,18H,12-17H2,1-2H3. The SMILES string of the molecule is CN(C)C(C=O)(CCc1ccc(N2CCOCC2)cc1)C(=O)c1ccccc1. The van der Waals surface area contributed by atoms with Gasteiger partial charge in [0, 0.05) is 24.3 Å². The first-order valence-electron chi connectivity index (χ1n) is 9.72. The van der Waals surface area contributed by atoms with Crippen LogP contribution < -0.4 is 4.90 Å². The Labute approximate surface area is 166 Å². The molecular formula is C23H28N2O3. The fraction of sp³-hybridized carbons (Fsp3) is 0.391. The smallest absolute Gasteiger partial charge is 0.190 e. The highest BCUT2D eigenvalue weighted by molar-refractivity contribution is 6.12. The average molecular weight is 380 g/mol. The Morgan fingerprint density at radius 3 is 2.29 bits per heavy atom. The molecule has 0 bridgehead atoms. The molecule has 3 rings (SSSR count). The van der Waals surface area contributed by atoms with Gasteiger partial charge < -0.3 is 14.4 Å². The third-order valence-corrected chi connectivity index (χ3v) is 5.53. The molecule has 148 valence electrons.